The van der Waals surface area contributed by atoms with E-state index in [-0.39, 0.29) is 16.2 Å². The average molecular weight is 434 g/mol. The van der Waals surface area contributed by atoms with E-state index in [4.69, 9.17) is 11.6 Å². The van der Waals surface area contributed by atoms with Crippen molar-refractivity contribution < 1.29 is 14.7 Å². The molecular weight excluding hydrogens is 414 g/mol. The Balaban J connectivity index is 1.97. The van der Waals surface area contributed by atoms with Gasteiger partial charge in [-0.3, -0.25) is 4.79 Å². The summed E-state index contributed by atoms with van der Waals surface area (Å²) in [5.74, 6) is -1.59. The van der Waals surface area contributed by atoms with Gasteiger partial charge in [0, 0.05) is 22.8 Å². The number of hydrogen-bond acceptors (Lipinski definition) is 3. The molecule has 0 atom stereocenters. The van der Waals surface area contributed by atoms with Gasteiger partial charge in [-0.2, -0.15) is 5.26 Å². The first-order chi connectivity index (χ1) is 14.7. The number of hydrogen-bond donors (Lipinski definition) is 2. The zero-order valence-corrected chi connectivity index (χ0v) is 18.0. The molecule has 1 heterocycles. The van der Waals surface area contributed by atoms with Gasteiger partial charge in [-0.15, -0.1) is 0 Å². The molecular formula is C24H20ClN3O3. The van der Waals surface area contributed by atoms with Crippen LogP contribution in [0.1, 0.15) is 32.9 Å². The highest BCUT2D eigenvalue weighted by Gasteiger charge is 2.16. The minimum atomic E-state index is -1.10. The van der Waals surface area contributed by atoms with Crippen molar-refractivity contribution in [3.63, 3.8) is 0 Å². The van der Waals surface area contributed by atoms with Crippen LogP contribution >= 0.6 is 11.6 Å². The first-order valence-electron chi connectivity index (χ1n) is 9.44. The second-order valence-electron chi connectivity index (χ2n) is 7.07. The largest absolute Gasteiger partial charge is 0.478 e. The second-order valence-corrected chi connectivity index (χ2v) is 7.48. The number of carbonyl (C=O) groups excluding carboxylic acids is 1. The number of nitriles is 1. The van der Waals surface area contributed by atoms with E-state index in [9.17, 15) is 20.0 Å². The zero-order valence-electron chi connectivity index (χ0n) is 17.2. The summed E-state index contributed by atoms with van der Waals surface area (Å²) in [5.41, 5.74) is 4.56. The number of para-hydroxylation sites is 1. The number of anilines is 1. The van der Waals surface area contributed by atoms with E-state index < -0.39 is 11.9 Å². The number of halogens is 1. The van der Waals surface area contributed by atoms with Crippen molar-refractivity contribution >= 4 is 35.2 Å². The van der Waals surface area contributed by atoms with Crippen molar-refractivity contribution in [1.82, 2.24) is 4.57 Å². The van der Waals surface area contributed by atoms with Crippen LogP contribution in [0.5, 0.6) is 0 Å². The molecule has 7 heteroatoms. The molecule has 2 aromatic carbocycles. The Morgan fingerprint density at radius 3 is 2.45 bits per heavy atom. The first-order valence-corrected chi connectivity index (χ1v) is 9.81. The van der Waals surface area contributed by atoms with Crippen molar-refractivity contribution in [2.45, 2.75) is 20.8 Å². The number of carboxylic acid groups (broad SMARTS) is 1. The average Bonchev–Trinajstić information content (AvgIpc) is 3.00. The maximum absolute atomic E-state index is 12.6. The quantitative estimate of drug-likeness (QED) is 0.421. The van der Waals surface area contributed by atoms with Crippen molar-refractivity contribution in [2.75, 3.05) is 5.32 Å². The lowest BCUT2D eigenvalue weighted by Crippen LogP contribution is -2.14. The number of carbonyl (C=O) groups is 2. The summed E-state index contributed by atoms with van der Waals surface area (Å²) in [7, 11) is 0. The molecule has 0 unspecified atom stereocenters. The van der Waals surface area contributed by atoms with E-state index in [1.165, 1.54) is 6.07 Å². The Kier molecular flexibility index (Phi) is 6.28. The van der Waals surface area contributed by atoms with Crippen molar-refractivity contribution in [2.24, 2.45) is 0 Å². The van der Waals surface area contributed by atoms with Gasteiger partial charge in [-0.25, -0.2) is 4.79 Å². The number of benzene rings is 2. The number of aryl methyl sites for hydroxylation is 2. The summed E-state index contributed by atoms with van der Waals surface area (Å²) in [4.78, 5) is 23.8. The molecule has 1 amide bonds. The van der Waals surface area contributed by atoms with E-state index in [1.807, 2.05) is 55.7 Å². The van der Waals surface area contributed by atoms with Crippen molar-refractivity contribution in [3.05, 3.63) is 87.2 Å². The van der Waals surface area contributed by atoms with Gasteiger partial charge >= 0.3 is 5.97 Å². The Bertz CT molecular complexity index is 1270. The monoisotopic (exact) mass is 433 g/mol. The van der Waals surface area contributed by atoms with E-state index in [1.54, 1.807) is 24.3 Å². The number of aromatic nitrogens is 1. The number of nitrogens with one attached hydrogen (secondary N) is 1. The molecule has 0 radical (unpaired) electrons. The van der Waals surface area contributed by atoms with Gasteiger partial charge in [0.15, 0.2) is 0 Å². The van der Waals surface area contributed by atoms with Gasteiger partial charge in [-0.05, 0) is 68.3 Å². The van der Waals surface area contributed by atoms with Crippen LogP contribution in [0, 0.1) is 32.1 Å². The van der Waals surface area contributed by atoms with Crippen LogP contribution in [0.3, 0.4) is 0 Å². The van der Waals surface area contributed by atoms with Crippen LogP contribution in [0.25, 0.3) is 11.8 Å². The number of aromatic carboxylic acids is 1. The zero-order chi connectivity index (χ0) is 22.7. The predicted octanol–water partition coefficient (Wildman–Crippen LogP) is 5.30. The van der Waals surface area contributed by atoms with Gasteiger partial charge in [0.25, 0.3) is 5.91 Å². The summed E-state index contributed by atoms with van der Waals surface area (Å²) < 4.78 is 1.89. The maximum Gasteiger partial charge on any atom is 0.337 e. The van der Waals surface area contributed by atoms with Crippen LogP contribution < -0.4 is 5.32 Å². The van der Waals surface area contributed by atoms with Gasteiger partial charge < -0.3 is 15.0 Å². The second kappa shape index (κ2) is 8.90. The third kappa shape index (κ3) is 4.52. The van der Waals surface area contributed by atoms with Crippen LogP contribution in [-0.2, 0) is 4.79 Å². The summed E-state index contributed by atoms with van der Waals surface area (Å²) in [6.07, 6.45) is 1.54. The molecule has 0 fully saturated rings. The molecule has 31 heavy (non-hydrogen) atoms. The molecule has 2 N–H and O–H groups in total. The van der Waals surface area contributed by atoms with Gasteiger partial charge in [-0.1, -0.05) is 29.8 Å². The fourth-order valence-electron chi connectivity index (χ4n) is 3.35. The number of carboxylic acids is 1. The summed E-state index contributed by atoms with van der Waals surface area (Å²) >= 11 is 6.12. The molecule has 0 spiro atoms. The Hall–Kier alpha value is -3.82. The number of nitrogens with zero attached hydrogens (tertiary/aromatic N) is 2. The van der Waals surface area contributed by atoms with Gasteiger partial charge in [0.1, 0.15) is 11.6 Å². The van der Waals surface area contributed by atoms with Gasteiger partial charge in [0.05, 0.1) is 10.6 Å². The normalized spacial score (nSPS) is 11.1. The van der Waals surface area contributed by atoms with E-state index in [0.717, 1.165) is 17.0 Å². The lowest BCUT2D eigenvalue weighted by Gasteiger charge is -2.11. The topological polar surface area (TPSA) is 95.1 Å². The standard InChI is InChI=1S/C24H20ClN3O3/c1-14-6-4-5-7-22(14)27-23(29)18(13-26)11-17-10-15(2)28(16(17)3)19-8-9-20(24(30)31)21(25)12-19/h4-12H,1-3H3,(H,27,29)(H,30,31)/b18-11-. The summed E-state index contributed by atoms with van der Waals surface area (Å²) in [6, 6.07) is 15.8. The van der Waals surface area contributed by atoms with Crippen LogP contribution in [-0.4, -0.2) is 21.6 Å². The molecule has 0 saturated heterocycles. The third-order valence-corrected chi connectivity index (χ3v) is 5.28. The highest BCUT2D eigenvalue weighted by atomic mass is 35.5. The molecule has 0 saturated carbocycles. The fraction of sp³-hybridized carbons (Fsp3) is 0.125. The number of rotatable bonds is 5. The SMILES string of the molecule is Cc1ccccc1NC(=O)/C(C#N)=C\c1cc(C)n(-c2ccc(C(=O)O)c(Cl)c2)c1C. The molecule has 0 aliphatic rings. The van der Waals surface area contributed by atoms with Crippen LogP contribution in [0.15, 0.2) is 54.1 Å². The Labute approximate surface area is 185 Å². The van der Waals surface area contributed by atoms with E-state index >= 15 is 0 Å². The maximum atomic E-state index is 12.6. The molecule has 6 nitrogen and oxygen atoms in total. The Morgan fingerprint density at radius 1 is 1.13 bits per heavy atom. The predicted molar refractivity (Wildman–Crippen MR) is 121 cm³/mol. The molecule has 3 rings (SSSR count). The minimum Gasteiger partial charge on any atom is -0.478 e. The van der Waals surface area contributed by atoms with E-state index in [2.05, 4.69) is 5.32 Å². The first kappa shape index (κ1) is 21.9. The molecule has 3 aromatic rings. The lowest BCUT2D eigenvalue weighted by atomic mass is 10.1. The summed E-state index contributed by atoms with van der Waals surface area (Å²) in [6.45, 7) is 5.61. The van der Waals surface area contributed by atoms with E-state index in [0.29, 0.717) is 16.9 Å². The molecule has 0 aliphatic carbocycles. The molecule has 156 valence electrons. The van der Waals surface area contributed by atoms with Crippen molar-refractivity contribution in [1.29, 1.82) is 5.26 Å². The fourth-order valence-corrected chi connectivity index (χ4v) is 3.61. The molecule has 1 aromatic heterocycles. The molecule has 0 bridgehead atoms. The third-order valence-electron chi connectivity index (χ3n) is 4.97. The van der Waals surface area contributed by atoms with Crippen LogP contribution in [0.2, 0.25) is 5.02 Å². The smallest absolute Gasteiger partial charge is 0.337 e. The molecule has 0 aliphatic heterocycles. The number of amides is 1. The lowest BCUT2D eigenvalue weighted by molar-refractivity contribution is -0.112. The van der Waals surface area contributed by atoms with Crippen molar-refractivity contribution in [3.8, 4) is 11.8 Å². The minimum absolute atomic E-state index is 0.0210. The summed E-state index contributed by atoms with van der Waals surface area (Å²) in [5, 5.41) is 21.6. The highest BCUT2D eigenvalue weighted by molar-refractivity contribution is 6.33. The highest BCUT2D eigenvalue weighted by Crippen LogP contribution is 2.26. The van der Waals surface area contributed by atoms with Gasteiger partial charge in [0.2, 0.25) is 0 Å². The Morgan fingerprint density at radius 2 is 1.84 bits per heavy atom. The van der Waals surface area contributed by atoms with Crippen LogP contribution in [0.4, 0.5) is 5.69 Å².